The van der Waals surface area contributed by atoms with Crippen molar-refractivity contribution in [3.8, 4) is 0 Å². The Morgan fingerprint density at radius 1 is 1.69 bits per heavy atom. The molecule has 0 amide bonds. The Balaban J connectivity index is 3.90. The number of nitrogens with two attached hydrogens (primary N) is 1. The molecule has 0 aliphatic heterocycles. The molecule has 0 saturated heterocycles. The molecule has 0 heterocycles. The highest BCUT2D eigenvalue weighted by atomic mass is 32.2. The van der Waals surface area contributed by atoms with Crippen molar-refractivity contribution in [3.63, 3.8) is 0 Å². The first-order valence-corrected chi connectivity index (χ1v) is 5.18. The Morgan fingerprint density at radius 2 is 2.23 bits per heavy atom. The number of rotatable bonds is 6. The summed E-state index contributed by atoms with van der Waals surface area (Å²) in [7, 11) is 0. The van der Waals surface area contributed by atoms with Gasteiger partial charge in [-0.3, -0.25) is 4.79 Å². The fraction of sp³-hybridized carbons (Fsp3) is 0.667. The third-order valence-electron chi connectivity index (χ3n) is 2.06. The smallest absolute Gasteiger partial charge is 0.320 e. The van der Waals surface area contributed by atoms with E-state index in [4.69, 9.17) is 10.8 Å². The average Bonchev–Trinajstić information content (AvgIpc) is 2.04. The van der Waals surface area contributed by atoms with Gasteiger partial charge in [-0.05, 0) is 17.7 Å². The minimum atomic E-state index is -0.928. The molecule has 3 N–H and O–H groups in total. The summed E-state index contributed by atoms with van der Waals surface area (Å²) in [5.41, 5.74) is 5.42. The van der Waals surface area contributed by atoms with Gasteiger partial charge in [0.2, 0.25) is 0 Å². The molecule has 0 bridgehead atoms. The Kier molecular flexibility index (Phi) is 5.82. The van der Waals surface area contributed by atoms with Gasteiger partial charge < -0.3 is 10.8 Å². The van der Waals surface area contributed by atoms with E-state index in [0.717, 1.165) is 0 Å². The SMILES string of the molecule is C=CSC(C)C(C)CC(N)C(=O)O. The van der Waals surface area contributed by atoms with Gasteiger partial charge >= 0.3 is 5.97 Å². The van der Waals surface area contributed by atoms with Crippen molar-refractivity contribution >= 4 is 17.7 Å². The van der Waals surface area contributed by atoms with Gasteiger partial charge in [0.25, 0.3) is 0 Å². The zero-order chi connectivity index (χ0) is 10.4. The molecule has 3 unspecified atom stereocenters. The second kappa shape index (κ2) is 6.05. The number of thioether (sulfide) groups is 1. The van der Waals surface area contributed by atoms with Crippen LogP contribution in [0.4, 0.5) is 0 Å². The molecule has 76 valence electrons. The van der Waals surface area contributed by atoms with Crippen LogP contribution in [0.25, 0.3) is 0 Å². The van der Waals surface area contributed by atoms with E-state index in [1.54, 1.807) is 17.2 Å². The summed E-state index contributed by atoms with van der Waals surface area (Å²) >= 11 is 1.61. The van der Waals surface area contributed by atoms with E-state index in [1.165, 1.54) is 0 Å². The fourth-order valence-electron chi connectivity index (χ4n) is 0.979. The predicted molar refractivity (Wildman–Crippen MR) is 56.6 cm³/mol. The molecule has 0 fully saturated rings. The summed E-state index contributed by atoms with van der Waals surface area (Å²) < 4.78 is 0. The fourth-order valence-corrected chi connectivity index (χ4v) is 1.66. The first kappa shape index (κ1) is 12.5. The monoisotopic (exact) mass is 203 g/mol. The number of hydrogen-bond donors (Lipinski definition) is 2. The second-order valence-electron chi connectivity index (χ2n) is 3.17. The third kappa shape index (κ3) is 4.95. The van der Waals surface area contributed by atoms with Crippen LogP contribution in [0.2, 0.25) is 0 Å². The normalized spacial score (nSPS) is 17.5. The first-order valence-electron chi connectivity index (χ1n) is 4.23. The molecule has 0 aliphatic rings. The van der Waals surface area contributed by atoms with E-state index < -0.39 is 12.0 Å². The molecule has 0 radical (unpaired) electrons. The van der Waals surface area contributed by atoms with Crippen molar-refractivity contribution in [2.45, 2.75) is 31.6 Å². The molecule has 0 aromatic rings. The van der Waals surface area contributed by atoms with Crippen molar-refractivity contribution in [2.75, 3.05) is 0 Å². The van der Waals surface area contributed by atoms with Gasteiger partial charge in [-0.1, -0.05) is 20.4 Å². The van der Waals surface area contributed by atoms with Crippen molar-refractivity contribution in [1.82, 2.24) is 0 Å². The third-order valence-corrected chi connectivity index (χ3v) is 3.14. The summed E-state index contributed by atoms with van der Waals surface area (Å²) in [6, 6.07) is -0.747. The van der Waals surface area contributed by atoms with E-state index in [9.17, 15) is 4.79 Å². The minimum Gasteiger partial charge on any atom is -0.480 e. The zero-order valence-electron chi connectivity index (χ0n) is 8.06. The maximum Gasteiger partial charge on any atom is 0.320 e. The van der Waals surface area contributed by atoms with Crippen LogP contribution in [-0.4, -0.2) is 22.4 Å². The lowest BCUT2D eigenvalue weighted by molar-refractivity contribution is -0.138. The summed E-state index contributed by atoms with van der Waals surface area (Å²) in [6.45, 7) is 7.66. The lowest BCUT2D eigenvalue weighted by Crippen LogP contribution is -2.33. The second-order valence-corrected chi connectivity index (χ2v) is 4.51. The topological polar surface area (TPSA) is 63.3 Å². The molecule has 13 heavy (non-hydrogen) atoms. The zero-order valence-corrected chi connectivity index (χ0v) is 8.88. The molecule has 0 rings (SSSR count). The standard InChI is InChI=1S/C9H17NO2S/c1-4-13-7(3)6(2)5-8(10)9(11)12/h4,6-8H,1,5,10H2,2-3H3,(H,11,12). The van der Waals surface area contributed by atoms with E-state index in [2.05, 4.69) is 6.58 Å². The Labute approximate surface area is 83.4 Å². The summed E-state index contributed by atoms with van der Waals surface area (Å²) in [5.74, 6) is -0.642. The first-order chi connectivity index (χ1) is 5.99. The predicted octanol–water partition coefficient (Wildman–Crippen LogP) is 1.69. The molecule has 0 aromatic carbocycles. The number of carboxylic acids is 1. The highest BCUT2D eigenvalue weighted by Crippen LogP contribution is 2.22. The van der Waals surface area contributed by atoms with Gasteiger partial charge in [0.05, 0.1) is 0 Å². The maximum absolute atomic E-state index is 10.5. The van der Waals surface area contributed by atoms with Gasteiger partial charge in [0.15, 0.2) is 0 Å². The van der Waals surface area contributed by atoms with Crippen LogP contribution in [0.5, 0.6) is 0 Å². The molecule has 0 aliphatic carbocycles. The van der Waals surface area contributed by atoms with Crippen LogP contribution in [0.15, 0.2) is 12.0 Å². The van der Waals surface area contributed by atoms with Gasteiger partial charge in [0.1, 0.15) is 6.04 Å². The highest BCUT2D eigenvalue weighted by Gasteiger charge is 2.19. The van der Waals surface area contributed by atoms with E-state index in [0.29, 0.717) is 11.7 Å². The van der Waals surface area contributed by atoms with Crippen LogP contribution in [0, 0.1) is 5.92 Å². The lowest BCUT2D eigenvalue weighted by Gasteiger charge is -2.19. The van der Waals surface area contributed by atoms with Crippen molar-refractivity contribution in [3.05, 3.63) is 12.0 Å². The number of carbonyl (C=O) groups is 1. The van der Waals surface area contributed by atoms with Crippen LogP contribution in [0.1, 0.15) is 20.3 Å². The number of carboxylic acid groups (broad SMARTS) is 1. The largest absolute Gasteiger partial charge is 0.480 e. The molecule has 0 saturated carbocycles. The van der Waals surface area contributed by atoms with Crippen molar-refractivity contribution < 1.29 is 9.90 Å². The van der Waals surface area contributed by atoms with Gasteiger partial charge in [0, 0.05) is 5.25 Å². The Hall–Kier alpha value is -0.480. The van der Waals surface area contributed by atoms with E-state index in [1.807, 2.05) is 13.8 Å². The van der Waals surface area contributed by atoms with Gasteiger partial charge in [-0.15, -0.1) is 11.8 Å². The molecular weight excluding hydrogens is 186 g/mol. The molecule has 4 heteroatoms. The van der Waals surface area contributed by atoms with Crippen molar-refractivity contribution in [1.29, 1.82) is 0 Å². The van der Waals surface area contributed by atoms with Crippen molar-refractivity contribution in [2.24, 2.45) is 11.7 Å². The molecule has 3 nitrogen and oxygen atoms in total. The summed E-state index contributed by atoms with van der Waals surface area (Å²) in [4.78, 5) is 10.5. The Bertz CT molecular complexity index is 184. The average molecular weight is 203 g/mol. The summed E-state index contributed by atoms with van der Waals surface area (Å²) in [6.07, 6.45) is 0.511. The molecule has 0 spiro atoms. The molecular formula is C9H17NO2S. The maximum atomic E-state index is 10.5. The van der Waals surface area contributed by atoms with Crippen LogP contribution in [-0.2, 0) is 4.79 Å². The van der Waals surface area contributed by atoms with Gasteiger partial charge in [-0.2, -0.15) is 0 Å². The number of hydrogen-bond acceptors (Lipinski definition) is 3. The Morgan fingerprint density at radius 3 is 2.62 bits per heavy atom. The van der Waals surface area contributed by atoms with Crippen LogP contribution in [0.3, 0.4) is 0 Å². The lowest BCUT2D eigenvalue weighted by atomic mass is 9.99. The van der Waals surface area contributed by atoms with Crippen LogP contribution < -0.4 is 5.73 Å². The molecule has 3 atom stereocenters. The quantitative estimate of drug-likeness (QED) is 0.689. The molecule has 0 aromatic heterocycles. The highest BCUT2D eigenvalue weighted by molar-refractivity contribution is 8.02. The van der Waals surface area contributed by atoms with E-state index >= 15 is 0 Å². The summed E-state index contributed by atoms with van der Waals surface area (Å²) in [5, 5.41) is 10.7. The van der Waals surface area contributed by atoms with E-state index in [-0.39, 0.29) is 5.92 Å². The minimum absolute atomic E-state index is 0.286. The van der Waals surface area contributed by atoms with Crippen LogP contribution >= 0.6 is 11.8 Å². The number of aliphatic carboxylic acids is 1. The van der Waals surface area contributed by atoms with Gasteiger partial charge in [-0.25, -0.2) is 0 Å².